The predicted octanol–water partition coefficient (Wildman–Crippen LogP) is 2.22. The van der Waals surface area contributed by atoms with Crippen molar-refractivity contribution in [2.45, 2.75) is 13.1 Å². The molecule has 3 nitrogen and oxygen atoms in total. The van der Waals surface area contributed by atoms with Crippen LogP contribution in [-0.4, -0.2) is 16.4 Å². The van der Waals surface area contributed by atoms with Crippen LogP contribution < -0.4 is 0 Å². The molecular weight excluding hydrogens is 197 g/mol. The van der Waals surface area contributed by atoms with Crippen molar-refractivity contribution in [3.63, 3.8) is 0 Å². The molecule has 0 unspecified atom stereocenters. The smallest absolute Gasteiger partial charge is 0.411 e. The Hall–Kier alpha value is -1.59. The lowest BCUT2D eigenvalue weighted by atomic mass is 10.2. The first-order valence-corrected chi connectivity index (χ1v) is 3.67. The van der Waals surface area contributed by atoms with Crippen molar-refractivity contribution in [2.75, 3.05) is 0 Å². The van der Waals surface area contributed by atoms with Crippen molar-refractivity contribution in [2.24, 2.45) is 5.16 Å². The van der Waals surface area contributed by atoms with Crippen LogP contribution in [0.25, 0.3) is 0 Å². The molecule has 1 aromatic rings. The van der Waals surface area contributed by atoms with Crippen LogP contribution in [0.4, 0.5) is 13.2 Å². The Morgan fingerprint density at radius 1 is 1.43 bits per heavy atom. The molecule has 0 saturated heterocycles. The van der Waals surface area contributed by atoms with Crippen molar-refractivity contribution in [1.82, 2.24) is 4.98 Å². The SMILES string of the molecule is Cc1nc(C(F)(F)F)ccc1/C=N\O. The summed E-state index contributed by atoms with van der Waals surface area (Å²) in [6.07, 6.45) is -3.41. The van der Waals surface area contributed by atoms with Crippen LogP contribution in [0.1, 0.15) is 17.0 Å². The highest BCUT2D eigenvalue weighted by atomic mass is 19.4. The Morgan fingerprint density at radius 2 is 2.07 bits per heavy atom. The third kappa shape index (κ3) is 2.21. The summed E-state index contributed by atoms with van der Waals surface area (Å²) in [7, 11) is 0. The zero-order chi connectivity index (χ0) is 10.8. The van der Waals surface area contributed by atoms with Gasteiger partial charge in [0, 0.05) is 11.3 Å². The first-order valence-electron chi connectivity index (χ1n) is 3.67. The first kappa shape index (κ1) is 10.5. The van der Waals surface area contributed by atoms with Gasteiger partial charge in [-0.15, -0.1) is 0 Å². The molecule has 0 aliphatic heterocycles. The minimum atomic E-state index is -4.44. The molecule has 0 aromatic carbocycles. The number of halogens is 3. The van der Waals surface area contributed by atoms with E-state index in [2.05, 4.69) is 10.1 Å². The molecule has 1 rings (SSSR count). The minimum absolute atomic E-state index is 0.164. The van der Waals surface area contributed by atoms with Crippen LogP contribution in [0.15, 0.2) is 17.3 Å². The third-order valence-corrected chi connectivity index (χ3v) is 1.61. The monoisotopic (exact) mass is 204 g/mol. The van der Waals surface area contributed by atoms with Gasteiger partial charge in [-0.3, -0.25) is 0 Å². The molecule has 76 valence electrons. The van der Waals surface area contributed by atoms with E-state index in [1.165, 1.54) is 13.0 Å². The van der Waals surface area contributed by atoms with Gasteiger partial charge in [-0.2, -0.15) is 13.2 Å². The van der Waals surface area contributed by atoms with E-state index in [-0.39, 0.29) is 5.69 Å². The standard InChI is InChI=1S/C8H7F3N2O/c1-5-6(4-12-14)2-3-7(13-5)8(9,10)11/h2-4,14H,1H3/b12-4-. The van der Waals surface area contributed by atoms with Gasteiger partial charge in [-0.1, -0.05) is 5.16 Å². The fourth-order valence-electron chi connectivity index (χ4n) is 0.928. The Bertz CT molecular complexity index is 360. The molecule has 0 fully saturated rings. The Labute approximate surface area is 77.9 Å². The second kappa shape index (κ2) is 3.65. The lowest BCUT2D eigenvalue weighted by Crippen LogP contribution is -2.09. The molecule has 0 amide bonds. The van der Waals surface area contributed by atoms with Crippen molar-refractivity contribution >= 4 is 6.21 Å². The molecule has 0 radical (unpaired) electrons. The Kier molecular flexibility index (Phi) is 2.73. The zero-order valence-electron chi connectivity index (χ0n) is 7.21. The van der Waals surface area contributed by atoms with E-state index < -0.39 is 11.9 Å². The summed E-state index contributed by atoms with van der Waals surface area (Å²) < 4.78 is 36.4. The van der Waals surface area contributed by atoms with Gasteiger partial charge in [0.2, 0.25) is 0 Å². The average Bonchev–Trinajstić information content (AvgIpc) is 2.07. The molecule has 0 atom stereocenters. The van der Waals surface area contributed by atoms with Crippen LogP contribution in [-0.2, 0) is 6.18 Å². The van der Waals surface area contributed by atoms with E-state index in [1.807, 2.05) is 0 Å². The third-order valence-electron chi connectivity index (χ3n) is 1.61. The summed E-state index contributed by atoms with van der Waals surface area (Å²) in [6, 6.07) is 2.04. The van der Waals surface area contributed by atoms with E-state index in [0.717, 1.165) is 12.3 Å². The van der Waals surface area contributed by atoms with Gasteiger partial charge in [-0.05, 0) is 19.1 Å². The normalized spacial score (nSPS) is 12.3. The quantitative estimate of drug-likeness (QED) is 0.433. The second-order valence-corrected chi connectivity index (χ2v) is 2.61. The summed E-state index contributed by atoms with van der Waals surface area (Å²) >= 11 is 0. The van der Waals surface area contributed by atoms with Crippen molar-refractivity contribution in [1.29, 1.82) is 0 Å². The van der Waals surface area contributed by atoms with Gasteiger partial charge in [0.25, 0.3) is 0 Å². The summed E-state index contributed by atoms with van der Waals surface area (Å²) in [4.78, 5) is 3.34. The fourth-order valence-corrected chi connectivity index (χ4v) is 0.928. The molecule has 1 heterocycles. The van der Waals surface area contributed by atoms with Gasteiger partial charge in [-0.25, -0.2) is 4.98 Å². The van der Waals surface area contributed by atoms with Crippen LogP contribution in [0.5, 0.6) is 0 Å². The molecule has 0 aliphatic carbocycles. The summed E-state index contributed by atoms with van der Waals surface area (Å²) in [6.45, 7) is 1.41. The zero-order valence-corrected chi connectivity index (χ0v) is 7.21. The topological polar surface area (TPSA) is 45.5 Å². The van der Waals surface area contributed by atoms with Crippen LogP contribution >= 0.6 is 0 Å². The summed E-state index contributed by atoms with van der Waals surface area (Å²) in [5.41, 5.74) is -0.441. The molecule has 1 N–H and O–H groups in total. The van der Waals surface area contributed by atoms with E-state index >= 15 is 0 Å². The molecule has 6 heteroatoms. The number of hydrogen-bond acceptors (Lipinski definition) is 3. The van der Waals surface area contributed by atoms with E-state index in [9.17, 15) is 13.2 Å². The fraction of sp³-hybridized carbons (Fsp3) is 0.250. The largest absolute Gasteiger partial charge is 0.433 e. The molecular formula is C8H7F3N2O. The van der Waals surface area contributed by atoms with E-state index in [1.54, 1.807) is 0 Å². The highest BCUT2D eigenvalue weighted by molar-refractivity contribution is 5.80. The minimum Gasteiger partial charge on any atom is -0.411 e. The highest BCUT2D eigenvalue weighted by Crippen LogP contribution is 2.27. The Balaban J connectivity index is 3.13. The number of aryl methyl sites for hydroxylation is 1. The second-order valence-electron chi connectivity index (χ2n) is 2.61. The Morgan fingerprint density at radius 3 is 2.50 bits per heavy atom. The number of hydrogen-bond donors (Lipinski definition) is 1. The summed E-state index contributed by atoms with van der Waals surface area (Å²) in [5, 5.41) is 10.9. The first-order chi connectivity index (χ1) is 6.45. The van der Waals surface area contributed by atoms with Gasteiger partial charge in [0.15, 0.2) is 0 Å². The maximum Gasteiger partial charge on any atom is 0.433 e. The lowest BCUT2D eigenvalue weighted by molar-refractivity contribution is -0.141. The lowest BCUT2D eigenvalue weighted by Gasteiger charge is -2.07. The highest BCUT2D eigenvalue weighted by Gasteiger charge is 2.32. The molecule has 0 saturated carbocycles. The number of oxime groups is 1. The van der Waals surface area contributed by atoms with Gasteiger partial charge < -0.3 is 5.21 Å². The number of pyridine rings is 1. The van der Waals surface area contributed by atoms with Gasteiger partial charge in [0.05, 0.1) is 6.21 Å². The maximum atomic E-state index is 12.1. The maximum absolute atomic E-state index is 12.1. The van der Waals surface area contributed by atoms with Gasteiger partial charge in [0.1, 0.15) is 5.69 Å². The van der Waals surface area contributed by atoms with Crippen molar-refractivity contribution < 1.29 is 18.4 Å². The van der Waals surface area contributed by atoms with Crippen molar-refractivity contribution in [3.8, 4) is 0 Å². The van der Waals surface area contributed by atoms with E-state index in [4.69, 9.17) is 5.21 Å². The van der Waals surface area contributed by atoms with Crippen LogP contribution in [0.2, 0.25) is 0 Å². The van der Waals surface area contributed by atoms with Crippen LogP contribution in [0.3, 0.4) is 0 Å². The molecule has 0 bridgehead atoms. The van der Waals surface area contributed by atoms with Crippen molar-refractivity contribution in [3.05, 3.63) is 29.1 Å². The number of aromatic nitrogens is 1. The number of alkyl halides is 3. The summed E-state index contributed by atoms with van der Waals surface area (Å²) in [5.74, 6) is 0. The molecule has 1 aromatic heterocycles. The van der Waals surface area contributed by atoms with E-state index in [0.29, 0.717) is 5.56 Å². The predicted molar refractivity (Wildman–Crippen MR) is 43.4 cm³/mol. The average molecular weight is 204 g/mol. The number of rotatable bonds is 1. The molecule has 0 aliphatic rings. The molecule has 0 spiro atoms. The van der Waals surface area contributed by atoms with Gasteiger partial charge >= 0.3 is 6.18 Å². The van der Waals surface area contributed by atoms with Crippen LogP contribution in [0, 0.1) is 6.92 Å². The number of nitrogens with zero attached hydrogens (tertiary/aromatic N) is 2. The molecule has 14 heavy (non-hydrogen) atoms.